The lowest BCUT2D eigenvalue weighted by molar-refractivity contribution is 0.590. The molecule has 2 aliphatic rings. The van der Waals surface area contributed by atoms with Crippen molar-refractivity contribution in [2.75, 3.05) is 9.80 Å². The lowest BCUT2D eigenvalue weighted by atomic mass is 9.33. The molecular formula is C104H79BN4. The molecule has 0 spiro atoms. The van der Waals surface area contributed by atoms with E-state index in [2.05, 4.69) is 197 Å². The van der Waals surface area contributed by atoms with Crippen molar-refractivity contribution in [2.45, 2.75) is 52.4 Å². The van der Waals surface area contributed by atoms with E-state index in [0.717, 1.165) is 128 Å². The quantitative estimate of drug-likeness (QED) is 0.120. The van der Waals surface area contributed by atoms with Crippen LogP contribution in [-0.2, 0) is 10.8 Å². The zero-order valence-corrected chi connectivity index (χ0v) is 60.8. The van der Waals surface area contributed by atoms with Crippen LogP contribution < -0.4 is 26.2 Å². The third-order valence-electron chi connectivity index (χ3n) is 21.9. The van der Waals surface area contributed by atoms with Crippen molar-refractivity contribution in [1.29, 1.82) is 0 Å². The molecule has 5 heteroatoms. The fraction of sp³-hybridized carbons (Fsp3) is 0.0769. The highest BCUT2D eigenvalue weighted by Gasteiger charge is 2.47. The molecule has 0 saturated heterocycles. The molecule has 0 fully saturated rings. The third-order valence-corrected chi connectivity index (χ3v) is 21.9. The molecule has 4 nitrogen and oxygen atoms in total. The van der Waals surface area contributed by atoms with Gasteiger partial charge in [0.1, 0.15) is 0 Å². The third kappa shape index (κ3) is 11.0. The van der Waals surface area contributed by atoms with Crippen LogP contribution in [0.25, 0.3) is 133 Å². The first-order valence-corrected chi connectivity index (χ1v) is 36.9. The summed E-state index contributed by atoms with van der Waals surface area (Å²) in [5, 5.41) is -0.311. The normalized spacial score (nSPS) is 14.7. The molecule has 0 radical (unpaired) electrons. The van der Waals surface area contributed by atoms with Crippen LogP contribution in [0, 0.1) is 0 Å². The summed E-state index contributed by atoms with van der Waals surface area (Å²) in [5.74, 6) is 0. The molecule has 0 amide bonds. The largest absolute Gasteiger partial charge is 0.310 e. The Balaban J connectivity index is 1.00. The number of para-hydroxylation sites is 4. The SMILES string of the molecule is [2H]c1c([2H])c([2H])c2c(c1[2H])c1c([2H])c([2H])c([2H])c([2H])c1n2-c1ccc2c(c1)N(c1c(-c3ccccc3)cc(-c3ccccc3)cc1-c1ccccc1)c1cc(C(C)(C)C)cc3c1B2c1ccc(-n2c4c([2H])c([2H])c([2H])c([2H])c4c4c([2H])c([2H])c([2H])c([2H])c42)cc1N3c1c(-c2ccc(-c3ccccc3)cc2)cc(C(C)(C)C)cc1-c1ccc(-c2ccccc2)cc1. The van der Waals surface area contributed by atoms with Crippen molar-refractivity contribution in [3.63, 3.8) is 0 Å². The van der Waals surface area contributed by atoms with Gasteiger partial charge in [0.05, 0.1) is 55.4 Å². The van der Waals surface area contributed by atoms with Gasteiger partial charge >= 0.3 is 0 Å². The highest BCUT2D eigenvalue weighted by atomic mass is 15.2. The lowest BCUT2D eigenvalue weighted by Crippen LogP contribution is -2.61. The van der Waals surface area contributed by atoms with Crippen molar-refractivity contribution < 1.29 is 21.9 Å². The van der Waals surface area contributed by atoms with Gasteiger partial charge in [0.2, 0.25) is 0 Å². The minimum Gasteiger partial charge on any atom is -0.310 e. The minimum atomic E-state index is -0.796. The molecule has 2 aliphatic heterocycles. The van der Waals surface area contributed by atoms with Gasteiger partial charge in [-0.15, -0.1) is 0 Å². The number of rotatable bonds is 11. The van der Waals surface area contributed by atoms with Gasteiger partial charge in [0, 0.05) is 77.9 Å². The number of hydrogen-bond acceptors (Lipinski definition) is 2. The Morgan fingerprint density at radius 2 is 0.532 bits per heavy atom. The summed E-state index contributed by atoms with van der Waals surface area (Å²) in [6.07, 6.45) is 0. The summed E-state index contributed by atoms with van der Waals surface area (Å²) in [7, 11) is 0. The van der Waals surface area contributed by atoms with E-state index in [4.69, 9.17) is 2.74 Å². The topological polar surface area (TPSA) is 16.3 Å². The van der Waals surface area contributed by atoms with E-state index in [-0.39, 0.29) is 43.6 Å². The van der Waals surface area contributed by atoms with Crippen LogP contribution in [0.4, 0.5) is 34.1 Å². The van der Waals surface area contributed by atoms with Crippen LogP contribution in [-0.4, -0.2) is 15.8 Å². The molecule has 2 aromatic heterocycles. The minimum absolute atomic E-state index is 0.0559. The van der Waals surface area contributed by atoms with Gasteiger partial charge < -0.3 is 18.9 Å². The van der Waals surface area contributed by atoms with E-state index in [9.17, 15) is 19.2 Å². The van der Waals surface area contributed by atoms with Gasteiger partial charge in [-0.05, 0) is 179 Å². The van der Waals surface area contributed by atoms with Crippen LogP contribution in [0.1, 0.15) is 74.6 Å². The summed E-state index contributed by atoms with van der Waals surface area (Å²) in [5.41, 5.74) is 20.4. The Morgan fingerprint density at radius 3 is 0.872 bits per heavy atom. The molecule has 0 unspecified atom stereocenters. The van der Waals surface area contributed by atoms with Gasteiger partial charge in [0.15, 0.2) is 0 Å². The number of hydrogen-bond donors (Lipinski definition) is 0. The van der Waals surface area contributed by atoms with Crippen molar-refractivity contribution in [1.82, 2.24) is 9.13 Å². The molecule has 0 atom stereocenters. The summed E-state index contributed by atoms with van der Waals surface area (Å²) in [6, 6.07) is 85.8. The van der Waals surface area contributed by atoms with Gasteiger partial charge in [0.25, 0.3) is 6.71 Å². The average molecular weight is 1410 g/mol. The maximum Gasteiger partial charge on any atom is 0.252 e. The van der Waals surface area contributed by atoms with Crippen molar-refractivity contribution in [3.8, 4) is 89.3 Å². The molecule has 18 aromatic rings. The molecule has 0 saturated carbocycles. The average Bonchev–Trinajstić information content (AvgIpc) is 1.50. The maximum absolute atomic E-state index is 9.98. The van der Waals surface area contributed by atoms with E-state index >= 15 is 0 Å². The fourth-order valence-electron chi connectivity index (χ4n) is 16.6. The first kappa shape index (κ1) is 50.3. The second kappa shape index (κ2) is 25.8. The molecular weight excluding hydrogens is 1320 g/mol. The van der Waals surface area contributed by atoms with E-state index in [1.165, 1.54) is 0 Å². The highest BCUT2D eigenvalue weighted by Crippen LogP contribution is 2.56. The van der Waals surface area contributed by atoms with Crippen molar-refractivity contribution >= 4 is 101 Å². The Bertz CT molecular complexity index is 7280. The number of anilines is 6. The fourth-order valence-corrected chi connectivity index (χ4v) is 16.6. The van der Waals surface area contributed by atoms with Crippen LogP contribution in [0.15, 0.2) is 370 Å². The second-order valence-corrected chi connectivity index (χ2v) is 30.4. The van der Waals surface area contributed by atoms with E-state index < -0.39 is 114 Å². The van der Waals surface area contributed by atoms with Gasteiger partial charge in [-0.1, -0.05) is 326 Å². The maximum atomic E-state index is 9.98. The Hall–Kier alpha value is -13.2. The molecule has 20 rings (SSSR count). The second-order valence-electron chi connectivity index (χ2n) is 30.4. The van der Waals surface area contributed by atoms with Crippen LogP contribution in [0.3, 0.4) is 0 Å². The molecule has 16 aromatic carbocycles. The molecule has 109 heavy (non-hydrogen) atoms. The van der Waals surface area contributed by atoms with Gasteiger partial charge in [-0.2, -0.15) is 0 Å². The number of fused-ring (bicyclic) bond motifs is 10. The first-order valence-electron chi connectivity index (χ1n) is 44.9. The standard InChI is InChI=1S/C104H79BN4/c1-103(2,3)78-62-88(75-52-48-71(49-53-75)68-30-12-7-13-31-68)102(89(63-78)76-54-50-72(51-55-76)69-32-14-8-15-33-69)109-97-67-81(107-94-46-28-24-42-84(94)85-43-25-29-47-95(85)107)57-59-91(97)105-90-58-56-80(106-92-44-26-22-40-82(92)83-41-23-27-45-93(83)106)66-96(90)108(98-64-79(104(4,5)6)65-99(109)100(98)105)101-86(73-36-18-10-19-37-73)60-77(70-34-16-9-17-35-70)61-87(101)74-38-20-11-21-39-74/h7-67H,1-6H3/i22D,23D,24D,25D,26D,27D,28D,29D,40D,41D,42D,43D,44D,45D,46D,47D. The van der Waals surface area contributed by atoms with Gasteiger partial charge in [-0.25, -0.2) is 0 Å². The summed E-state index contributed by atoms with van der Waals surface area (Å²) < 4.78 is 156. The molecule has 4 heterocycles. The van der Waals surface area contributed by atoms with E-state index in [1.807, 2.05) is 127 Å². The number of benzene rings is 16. The zero-order chi connectivity index (χ0) is 87.2. The molecule has 0 bridgehead atoms. The Labute approximate surface area is 660 Å². The van der Waals surface area contributed by atoms with Crippen molar-refractivity contribution in [3.05, 3.63) is 381 Å². The Kier molecular flexibility index (Phi) is 11.9. The predicted molar refractivity (Wildman–Crippen MR) is 465 cm³/mol. The number of nitrogens with zero attached hydrogens (tertiary/aromatic N) is 4. The lowest BCUT2D eigenvalue weighted by Gasteiger charge is -2.46. The van der Waals surface area contributed by atoms with Gasteiger partial charge in [-0.3, -0.25) is 0 Å². The summed E-state index contributed by atoms with van der Waals surface area (Å²) >= 11 is 0. The van der Waals surface area contributed by atoms with Crippen LogP contribution in [0.5, 0.6) is 0 Å². The van der Waals surface area contributed by atoms with E-state index in [0.29, 0.717) is 22.7 Å². The summed E-state index contributed by atoms with van der Waals surface area (Å²) in [4.78, 5) is 4.70. The summed E-state index contributed by atoms with van der Waals surface area (Å²) in [6.45, 7) is 12.4. The molecule has 0 N–H and O–H groups in total. The number of aromatic nitrogens is 2. The monoisotopic (exact) mass is 1410 g/mol. The van der Waals surface area contributed by atoms with E-state index in [1.54, 1.807) is 9.13 Å². The highest BCUT2D eigenvalue weighted by molar-refractivity contribution is 7.00. The Morgan fingerprint density at radius 1 is 0.257 bits per heavy atom. The van der Waals surface area contributed by atoms with Crippen LogP contribution >= 0.6 is 0 Å². The molecule has 0 aliphatic carbocycles. The predicted octanol–water partition coefficient (Wildman–Crippen LogP) is 26.2. The van der Waals surface area contributed by atoms with Crippen molar-refractivity contribution in [2.24, 2.45) is 0 Å². The first-order chi connectivity index (χ1) is 60.0. The zero-order valence-electron chi connectivity index (χ0n) is 76.8. The molecule has 518 valence electrons. The van der Waals surface area contributed by atoms with Crippen LogP contribution in [0.2, 0.25) is 0 Å². The smallest absolute Gasteiger partial charge is 0.252 e.